The molecule has 3 aromatic rings. The molecule has 1 heterocycles. The number of H-pyrrole nitrogens is 1. The smallest absolute Gasteiger partial charge is 0.326 e. The first-order valence-corrected chi connectivity index (χ1v) is 17.7. The van der Waals surface area contributed by atoms with E-state index in [1.807, 2.05) is 0 Å². The number of hydrogen-bond donors (Lipinski definition) is 11. The molecule has 0 aliphatic carbocycles. The predicted molar refractivity (Wildman–Crippen MR) is 199 cm³/mol. The number of aliphatic hydroxyl groups is 2. The number of rotatable bonds is 21. The molecule has 18 heteroatoms. The van der Waals surface area contributed by atoms with E-state index < -0.39 is 96.8 Å². The van der Waals surface area contributed by atoms with Crippen LogP contribution in [0.2, 0.25) is 0 Å². The molecule has 0 aliphatic rings. The molecule has 1 aromatic heterocycles. The van der Waals surface area contributed by atoms with Crippen LogP contribution in [0.1, 0.15) is 44.7 Å². The number of aliphatic hydroxyl groups excluding tert-OH is 2. The minimum atomic E-state index is -1.75. The average Bonchev–Trinajstić information content (AvgIpc) is 3.55. The van der Waals surface area contributed by atoms with Crippen molar-refractivity contribution in [3.8, 4) is 0 Å². The minimum absolute atomic E-state index is 0.00167. The summed E-state index contributed by atoms with van der Waals surface area (Å²) in [4.78, 5) is 93.3. The van der Waals surface area contributed by atoms with Crippen LogP contribution >= 0.6 is 0 Å². The number of carbonyl (C=O) groups excluding carboxylic acids is 6. The summed E-state index contributed by atoms with van der Waals surface area (Å²) in [6.45, 7) is 3.63. The van der Waals surface area contributed by atoms with Gasteiger partial charge >= 0.3 is 5.97 Å². The Balaban J connectivity index is 1.75. The Kier molecular flexibility index (Phi) is 16.3. The Bertz CT molecular complexity index is 1820. The van der Waals surface area contributed by atoms with Crippen LogP contribution in [0.15, 0.2) is 60.8 Å². The monoisotopic (exact) mass is 766 g/mol. The molecule has 55 heavy (non-hydrogen) atoms. The van der Waals surface area contributed by atoms with Crippen molar-refractivity contribution in [2.45, 2.75) is 88.8 Å². The summed E-state index contributed by atoms with van der Waals surface area (Å²) in [5.74, 6) is -7.15. The van der Waals surface area contributed by atoms with E-state index in [-0.39, 0.29) is 25.2 Å². The molecular weight excluding hydrogens is 716 g/mol. The fourth-order valence-electron chi connectivity index (χ4n) is 5.56. The molecule has 13 N–H and O–H groups in total. The van der Waals surface area contributed by atoms with Gasteiger partial charge in [-0.05, 0) is 36.5 Å². The Labute approximate surface area is 317 Å². The summed E-state index contributed by atoms with van der Waals surface area (Å²) in [7, 11) is 0. The number of aromatic nitrogens is 1. The fourth-order valence-corrected chi connectivity index (χ4v) is 5.56. The van der Waals surface area contributed by atoms with Crippen molar-refractivity contribution in [3.05, 3.63) is 71.9 Å². The van der Waals surface area contributed by atoms with E-state index >= 15 is 0 Å². The first kappa shape index (κ1) is 43.6. The third-order valence-corrected chi connectivity index (χ3v) is 8.84. The highest BCUT2D eigenvalue weighted by atomic mass is 16.4. The number of hydrogen-bond acceptors (Lipinski definition) is 10. The van der Waals surface area contributed by atoms with Gasteiger partial charge in [0.25, 0.3) is 0 Å². The molecule has 0 aliphatic heterocycles. The van der Waals surface area contributed by atoms with E-state index in [9.17, 15) is 48.9 Å². The van der Waals surface area contributed by atoms with Crippen molar-refractivity contribution in [2.75, 3.05) is 6.61 Å². The van der Waals surface area contributed by atoms with E-state index in [0.717, 1.165) is 10.9 Å². The molecule has 0 fully saturated rings. The fraction of sp³-hybridized carbons (Fsp3) is 0.432. The van der Waals surface area contributed by atoms with Gasteiger partial charge in [0.1, 0.15) is 30.2 Å². The maximum atomic E-state index is 13.5. The van der Waals surface area contributed by atoms with Crippen LogP contribution in [0.4, 0.5) is 0 Å². The number of aromatic amines is 1. The van der Waals surface area contributed by atoms with E-state index in [0.29, 0.717) is 11.1 Å². The molecule has 6 amide bonds. The van der Waals surface area contributed by atoms with Crippen LogP contribution in [-0.4, -0.2) is 111 Å². The number of aliphatic carboxylic acids is 1. The van der Waals surface area contributed by atoms with Gasteiger partial charge in [-0.3, -0.25) is 28.8 Å². The number of fused-ring (bicyclic) bond motifs is 1. The van der Waals surface area contributed by atoms with Gasteiger partial charge in [0.05, 0.1) is 18.8 Å². The van der Waals surface area contributed by atoms with E-state index in [2.05, 4.69) is 31.6 Å². The summed E-state index contributed by atoms with van der Waals surface area (Å²) in [5, 5.41) is 43.1. The summed E-state index contributed by atoms with van der Waals surface area (Å²) in [5.41, 5.74) is 13.3. The Morgan fingerprint density at radius 1 is 0.709 bits per heavy atom. The summed E-state index contributed by atoms with van der Waals surface area (Å²) < 4.78 is 0. The number of amides is 6. The molecule has 0 saturated heterocycles. The first-order valence-electron chi connectivity index (χ1n) is 17.7. The first-order chi connectivity index (χ1) is 26.0. The Morgan fingerprint density at radius 3 is 1.87 bits per heavy atom. The highest BCUT2D eigenvalue weighted by molar-refractivity contribution is 5.97. The van der Waals surface area contributed by atoms with Gasteiger partial charge in [-0.1, -0.05) is 62.4 Å². The highest BCUT2D eigenvalue weighted by Crippen LogP contribution is 2.19. The minimum Gasteiger partial charge on any atom is -0.480 e. The number of benzene rings is 2. The third-order valence-electron chi connectivity index (χ3n) is 8.84. The van der Waals surface area contributed by atoms with Crippen LogP contribution in [-0.2, 0) is 46.4 Å². The second-order valence-electron chi connectivity index (χ2n) is 13.5. The van der Waals surface area contributed by atoms with Crippen molar-refractivity contribution in [1.29, 1.82) is 0 Å². The summed E-state index contributed by atoms with van der Waals surface area (Å²) in [6, 6.07) is 7.18. The highest BCUT2D eigenvalue weighted by Gasteiger charge is 2.35. The molecule has 0 spiro atoms. The molecule has 2 aromatic carbocycles. The zero-order chi connectivity index (χ0) is 40.8. The lowest BCUT2D eigenvalue weighted by molar-refractivity contribution is -0.142. The molecule has 0 saturated carbocycles. The number of carbonyl (C=O) groups is 7. The third kappa shape index (κ3) is 12.9. The number of nitrogens with one attached hydrogen (secondary N) is 6. The van der Waals surface area contributed by atoms with Gasteiger partial charge in [0.15, 0.2) is 0 Å². The van der Waals surface area contributed by atoms with Crippen LogP contribution in [0.25, 0.3) is 10.9 Å². The molecular formula is C37H50N8O10. The van der Waals surface area contributed by atoms with Gasteiger partial charge in [-0.2, -0.15) is 0 Å². The standard InChI is InChI=1S/C37H50N8O10/c1-19(2)30(39)35(52)42-26(15-21-9-5-4-6-10-21)33(50)45-31(20(3)47)36(53)44-28(18-46)34(51)41-25(13-14-29(38)48)32(49)43-27(37(54)55)16-22-17-40-24-12-8-7-11-23(22)24/h4-12,17,19-20,25-28,30-31,40,46-47H,13-16,18,39H2,1-3H3,(H2,38,48)(H,41,51)(H,42,52)(H,43,49)(H,44,53)(H,45,50)(H,54,55)/t20-,25+,26+,27+,28+,30+,31+/m1/s1. The molecule has 3 rings (SSSR count). The topological polar surface area (TPSA) is 308 Å². The lowest BCUT2D eigenvalue weighted by atomic mass is 10.0. The number of para-hydroxylation sites is 1. The quantitative estimate of drug-likeness (QED) is 0.0568. The predicted octanol–water partition coefficient (Wildman–Crippen LogP) is -1.92. The van der Waals surface area contributed by atoms with Crippen molar-refractivity contribution >= 4 is 52.3 Å². The van der Waals surface area contributed by atoms with Crippen molar-refractivity contribution in [1.82, 2.24) is 31.6 Å². The van der Waals surface area contributed by atoms with Gasteiger partial charge in [0, 0.05) is 36.4 Å². The van der Waals surface area contributed by atoms with Crippen LogP contribution in [0.3, 0.4) is 0 Å². The van der Waals surface area contributed by atoms with Crippen molar-refractivity contribution in [3.63, 3.8) is 0 Å². The maximum Gasteiger partial charge on any atom is 0.326 e. The number of primary amides is 1. The normalized spacial score (nSPS) is 15.0. The Morgan fingerprint density at radius 2 is 1.27 bits per heavy atom. The number of carboxylic acid groups (broad SMARTS) is 1. The van der Waals surface area contributed by atoms with E-state index in [1.54, 1.807) is 74.6 Å². The number of carboxylic acids is 1. The lowest BCUT2D eigenvalue weighted by Gasteiger charge is -2.28. The van der Waals surface area contributed by atoms with Gasteiger partial charge < -0.3 is 58.4 Å². The van der Waals surface area contributed by atoms with Crippen LogP contribution in [0, 0.1) is 5.92 Å². The Hall–Kier alpha value is -5.85. The second-order valence-corrected chi connectivity index (χ2v) is 13.5. The van der Waals surface area contributed by atoms with E-state index in [4.69, 9.17) is 11.5 Å². The van der Waals surface area contributed by atoms with Crippen LogP contribution in [0.5, 0.6) is 0 Å². The van der Waals surface area contributed by atoms with Gasteiger partial charge in [-0.25, -0.2) is 4.79 Å². The zero-order valence-electron chi connectivity index (χ0n) is 30.8. The molecule has 7 atom stereocenters. The van der Waals surface area contributed by atoms with Crippen molar-refractivity contribution < 1.29 is 48.9 Å². The van der Waals surface area contributed by atoms with Gasteiger partial charge in [0.2, 0.25) is 35.4 Å². The lowest BCUT2D eigenvalue weighted by Crippen LogP contribution is -2.62. The van der Waals surface area contributed by atoms with Gasteiger partial charge in [-0.15, -0.1) is 0 Å². The summed E-state index contributed by atoms with van der Waals surface area (Å²) in [6.07, 6.45) is -0.829. The summed E-state index contributed by atoms with van der Waals surface area (Å²) >= 11 is 0. The number of nitrogens with two attached hydrogens (primary N) is 2. The molecule has 0 radical (unpaired) electrons. The maximum absolute atomic E-state index is 13.5. The SMILES string of the molecule is CC(C)[C@H](N)C(=O)N[C@@H](Cc1ccccc1)C(=O)N[C@H](C(=O)N[C@@H](CO)C(=O)N[C@@H](CCC(N)=O)C(=O)N[C@@H](Cc1c[nH]c2ccccc12)C(=O)O)[C@@H](C)O. The average molecular weight is 767 g/mol. The van der Waals surface area contributed by atoms with Crippen LogP contribution < -0.4 is 38.1 Å². The largest absolute Gasteiger partial charge is 0.480 e. The van der Waals surface area contributed by atoms with E-state index in [1.165, 1.54) is 6.92 Å². The molecule has 298 valence electrons. The zero-order valence-corrected chi connectivity index (χ0v) is 30.8. The molecule has 18 nitrogen and oxygen atoms in total. The molecule has 0 unspecified atom stereocenters. The van der Waals surface area contributed by atoms with Crippen molar-refractivity contribution in [2.24, 2.45) is 17.4 Å². The molecule has 0 bridgehead atoms. The second kappa shape index (κ2) is 20.6.